The number of rotatable bonds is 1. The monoisotopic (exact) mass is 304 g/mol. The van der Waals surface area contributed by atoms with Crippen LogP contribution in [-0.2, 0) is 11.6 Å². The van der Waals surface area contributed by atoms with Crippen LogP contribution in [0.5, 0.6) is 0 Å². The molecule has 1 unspecified atom stereocenters. The molecule has 1 N–H and O–H groups in total. The van der Waals surface area contributed by atoms with Crippen molar-refractivity contribution < 1.29 is 13.2 Å². The third-order valence-electron chi connectivity index (χ3n) is 3.70. The summed E-state index contributed by atoms with van der Waals surface area (Å²) in [4.78, 5) is 0. The molecule has 0 bridgehead atoms. The highest BCUT2D eigenvalue weighted by atomic mass is 35.5. The standard InChI is InChI=1S/C12H12ClF3N4/c1-11(2-3-17-6-11)10-19-18-9-8(13)4-7(5-20(9)10)12(14,15)16/h4-5,17H,2-3,6H2,1H3. The lowest BCUT2D eigenvalue weighted by molar-refractivity contribution is -0.137. The van der Waals surface area contributed by atoms with Crippen molar-refractivity contribution in [2.75, 3.05) is 13.1 Å². The topological polar surface area (TPSA) is 42.2 Å². The minimum absolute atomic E-state index is 0.0480. The minimum atomic E-state index is -4.45. The van der Waals surface area contributed by atoms with E-state index in [1.165, 1.54) is 4.40 Å². The van der Waals surface area contributed by atoms with Gasteiger partial charge in [-0.1, -0.05) is 18.5 Å². The summed E-state index contributed by atoms with van der Waals surface area (Å²) in [5.41, 5.74) is -0.888. The number of aromatic nitrogens is 3. The molecule has 0 amide bonds. The molecule has 0 saturated carbocycles. The lowest BCUT2D eigenvalue weighted by Crippen LogP contribution is -2.27. The molecular formula is C12H12ClF3N4. The van der Waals surface area contributed by atoms with E-state index in [4.69, 9.17) is 11.6 Å². The molecule has 2 aromatic heterocycles. The number of hydrogen-bond acceptors (Lipinski definition) is 3. The fourth-order valence-electron chi connectivity index (χ4n) is 2.53. The van der Waals surface area contributed by atoms with Crippen LogP contribution in [0.15, 0.2) is 12.3 Å². The van der Waals surface area contributed by atoms with Crippen molar-refractivity contribution in [2.24, 2.45) is 0 Å². The van der Waals surface area contributed by atoms with E-state index in [0.717, 1.165) is 25.2 Å². The normalized spacial score (nSPS) is 23.6. The second kappa shape index (κ2) is 4.33. The zero-order chi connectivity index (χ0) is 14.5. The van der Waals surface area contributed by atoms with Crippen LogP contribution >= 0.6 is 11.6 Å². The Morgan fingerprint density at radius 3 is 2.75 bits per heavy atom. The van der Waals surface area contributed by atoms with Crippen LogP contribution in [-0.4, -0.2) is 27.7 Å². The first-order valence-corrected chi connectivity index (χ1v) is 6.52. The molecule has 1 aliphatic rings. The lowest BCUT2D eigenvalue weighted by Gasteiger charge is -2.20. The van der Waals surface area contributed by atoms with Crippen LogP contribution in [0.2, 0.25) is 5.02 Å². The maximum atomic E-state index is 12.9. The van der Waals surface area contributed by atoms with Crippen LogP contribution in [0.1, 0.15) is 24.7 Å². The van der Waals surface area contributed by atoms with Gasteiger partial charge in [0.1, 0.15) is 5.82 Å². The first kappa shape index (κ1) is 13.6. The molecule has 0 spiro atoms. The van der Waals surface area contributed by atoms with Gasteiger partial charge in [0.25, 0.3) is 0 Å². The molecule has 3 heterocycles. The molecule has 4 nitrogen and oxygen atoms in total. The summed E-state index contributed by atoms with van der Waals surface area (Å²) in [7, 11) is 0. The summed E-state index contributed by atoms with van der Waals surface area (Å²) in [5.74, 6) is 0.505. The average molecular weight is 305 g/mol. The Morgan fingerprint density at radius 1 is 1.40 bits per heavy atom. The number of fused-ring (bicyclic) bond motifs is 1. The molecule has 8 heteroatoms. The maximum Gasteiger partial charge on any atom is 0.417 e. The first-order chi connectivity index (χ1) is 9.31. The van der Waals surface area contributed by atoms with Crippen LogP contribution in [0.25, 0.3) is 5.65 Å². The highest BCUT2D eigenvalue weighted by Crippen LogP contribution is 2.35. The summed E-state index contributed by atoms with van der Waals surface area (Å²) in [6.07, 6.45) is -2.64. The molecule has 1 saturated heterocycles. The molecule has 0 radical (unpaired) electrons. The summed E-state index contributed by atoms with van der Waals surface area (Å²) in [6, 6.07) is 0.880. The van der Waals surface area contributed by atoms with E-state index in [9.17, 15) is 13.2 Å². The fraction of sp³-hybridized carbons (Fsp3) is 0.500. The van der Waals surface area contributed by atoms with Gasteiger partial charge in [0.2, 0.25) is 0 Å². The summed E-state index contributed by atoms with van der Waals surface area (Å²) < 4.78 is 40.0. The largest absolute Gasteiger partial charge is 0.417 e. The van der Waals surface area contributed by atoms with Gasteiger partial charge in [-0.05, 0) is 19.0 Å². The summed E-state index contributed by atoms with van der Waals surface area (Å²) in [6.45, 7) is 3.41. The average Bonchev–Trinajstić information content (AvgIpc) is 2.94. The predicted octanol–water partition coefficient (Wildman–Crippen LogP) is 2.65. The molecular weight excluding hydrogens is 293 g/mol. The van der Waals surface area contributed by atoms with Crippen LogP contribution < -0.4 is 5.32 Å². The van der Waals surface area contributed by atoms with Gasteiger partial charge in [-0.2, -0.15) is 13.2 Å². The van der Waals surface area contributed by atoms with Gasteiger partial charge >= 0.3 is 6.18 Å². The van der Waals surface area contributed by atoms with Gasteiger partial charge in [0.15, 0.2) is 5.65 Å². The van der Waals surface area contributed by atoms with E-state index in [0.29, 0.717) is 12.4 Å². The Balaban J connectivity index is 2.22. The van der Waals surface area contributed by atoms with Crippen molar-refractivity contribution in [1.29, 1.82) is 0 Å². The van der Waals surface area contributed by atoms with Gasteiger partial charge in [-0.3, -0.25) is 4.40 Å². The quantitative estimate of drug-likeness (QED) is 0.881. The van der Waals surface area contributed by atoms with Crippen LogP contribution in [0, 0.1) is 0 Å². The van der Waals surface area contributed by atoms with E-state index >= 15 is 0 Å². The summed E-state index contributed by atoms with van der Waals surface area (Å²) in [5, 5.41) is 11.1. The number of nitrogens with zero attached hydrogens (tertiary/aromatic N) is 3. The number of alkyl halides is 3. The fourth-order valence-corrected chi connectivity index (χ4v) is 2.77. The van der Waals surface area contributed by atoms with Gasteiger partial charge in [0, 0.05) is 18.2 Å². The summed E-state index contributed by atoms with van der Waals surface area (Å²) >= 11 is 5.89. The van der Waals surface area contributed by atoms with E-state index in [1.807, 2.05) is 6.92 Å². The third kappa shape index (κ3) is 2.05. The minimum Gasteiger partial charge on any atom is -0.316 e. The van der Waals surface area contributed by atoms with Crippen molar-refractivity contribution in [3.05, 3.63) is 28.7 Å². The van der Waals surface area contributed by atoms with Crippen molar-refractivity contribution in [2.45, 2.75) is 24.9 Å². The van der Waals surface area contributed by atoms with Gasteiger partial charge < -0.3 is 5.32 Å². The maximum absolute atomic E-state index is 12.9. The molecule has 3 rings (SSSR count). The Morgan fingerprint density at radius 2 is 2.15 bits per heavy atom. The van der Waals surface area contributed by atoms with Crippen molar-refractivity contribution in [1.82, 2.24) is 19.9 Å². The smallest absolute Gasteiger partial charge is 0.316 e. The molecule has 108 valence electrons. The Hall–Kier alpha value is -1.34. The SMILES string of the molecule is CC1(c2nnc3c(Cl)cc(C(F)(F)F)cn23)CCNC1. The lowest BCUT2D eigenvalue weighted by atomic mass is 9.89. The number of halogens is 4. The van der Waals surface area contributed by atoms with Gasteiger partial charge in [-0.25, -0.2) is 0 Å². The van der Waals surface area contributed by atoms with Crippen LogP contribution in [0.4, 0.5) is 13.2 Å². The molecule has 2 aromatic rings. The van der Waals surface area contributed by atoms with Gasteiger partial charge in [-0.15, -0.1) is 10.2 Å². The zero-order valence-electron chi connectivity index (χ0n) is 10.6. The van der Waals surface area contributed by atoms with Crippen molar-refractivity contribution >= 4 is 17.2 Å². The van der Waals surface area contributed by atoms with Crippen LogP contribution in [0.3, 0.4) is 0 Å². The third-order valence-corrected chi connectivity index (χ3v) is 3.97. The zero-order valence-corrected chi connectivity index (χ0v) is 11.4. The number of hydrogen-bond donors (Lipinski definition) is 1. The first-order valence-electron chi connectivity index (χ1n) is 6.14. The number of nitrogens with one attached hydrogen (secondary N) is 1. The Labute approximate surface area is 117 Å². The van der Waals surface area contributed by atoms with E-state index in [-0.39, 0.29) is 16.1 Å². The van der Waals surface area contributed by atoms with E-state index < -0.39 is 11.7 Å². The molecule has 1 aliphatic heterocycles. The Bertz CT molecular complexity index is 659. The predicted molar refractivity (Wildman–Crippen MR) is 67.8 cm³/mol. The second-order valence-corrected chi connectivity index (χ2v) is 5.69. The van der Waals surface area contributed by atoms with Crippen molar-refractivity contribution in [3.8, 4) is 0 Å². The number of pyridine rings is 1. The highest BCUT2D eigenvalue weighted by Gasteiger charge is 2.37. The molecule has 0 aromatic carbocycles. The molecule has 0 aliphatic carbocycles. The molecule has 20 heavy (non-hydrogen) atoms. The van der Waals surface area contributed by atoms with Gasteiger partial charge in [0.05, 0.1) is 10.6 Å². The van der Waals surface area contributed by atoms with E-state index in [1.54, 1.807) is 0 Å². The molecule has 1 atom stereocenters. The van der Waals surface area contributed by atoms with Crippen molar-refractivity contribution in [3.63, 3.8) is 0 Å². The highest BCUT2D eigenvalue weighted by molar-refractivity contribution is 6.33. The molecule has 1 fully saturated rings. The Kier molecular flexibility index (Phi) is 2.95. The van der Waals surface area contributed by atoms with E-state index in [2.05, 4.69) is 15.5 Å². The second-order valence-electron chi connectivity index (χ2n) is 5.28.